The van der Waals surface area contributed by atoms with Crippen LogP contribution in [0.25, 0.3) is 0 Å². The van der Waals surface area contributed by atoms with Gasteiger partial charge in [-0.3, -0.25) is 9.59 Å². The van der Waals surface area contributed by atoms with E-state index in [0.717, 1.165) is 11.1 Å². The third-order valence-electron chi connectivity index (χ3n) is 9.19. The molecule has 0 amide bonds. The Morgan fingerprint density at radius 1 is 1.19 bits per heavy atom. The summed E-state index contributed by atoms with van der Waals surface area (Å²) in [5.41, 5.74) is -0.469. The van der Waals surface area contributed by atoms with Gasteiger partial charge in [0.2, 0.25) is 0 Å². The predicted octanol–water partition coefficient (Wildman–Crippen LogP) is 3.81. The molecule has 6 rings (SSSR count). The Labute approximate surface area is 217 Å². The number of fused-ring (bicyclic) bond motifs is 2. The maximum atomic E-state index is 13.5. The van der Waals surface area contributed by atoms with Crippen molar-refractivity contribution in [2.24, 2.45) is 17.8 Å². The summed E-state index contributed by atoms with van der Waals surface area (Å²) in [5, 5.41) is 12.1. The van der Waals surface area contributed by atoms with E-state index in [9.17, 15) is 14.7 Å². The first-order chi connectivity index (χ1) is 17.5. The van der Waals surface area contributed by atoms with Gasteiger partial charge in [-0.05, 0) is 48.5 Å². The van der Waals surface area contributed by atoms with Gasteiger partial charge in [0.25, 0.3) is 5.97 Å². The molecule has 1 saturated carbocycles. The number of Topliss-reactive ketones (excluding diaryl/α,β-unsaturated/α-hetero) is 1. The second kappa shape index (κ2) is 7.96. The van der Waals surface area contributed by atoms with Crippen LogP contribution in [0.1, 0.15) is 46.1 Å². The van der Waals surface area contributed by atoms with Crippen molar-refractivity contribution in [2.75, 3.05) is 6.61 Å². The largest absolute Gasteiger partial charge is 0.461 e. The summed E-state index contributed by atoms with van der Waals surface area (Å²) in [6.45, 7) is 11.4. The minimum atomic E-state index is -1.72. The Balaban J connectivity index is 1.55. The first-order valence-corrected chi connectivity index (χ1v) is 13.0. The van der Waals surface area contributed by atoms with Gasteiger partial charge in [0.05, 0.1) is 12.0 Å². The lowest BCUT2D eigenvalue weighted by Crippen LogP contribution is -2.70. The summed E-state index contributed by atoms with van der Waals surface area (Å²) < 4.78 is 26.0. The standard InChI is InChI=1S/C30H34O7/c1-17(2)28-13-19(4)30-23(26(28)35-29(36-28,37-30)15-21-9-7-6-8-10-21)12-22(16-34-20(5)31)14-27(33)24(30)11-18(3)25(27)32/h6-12,19,23-24,26,33H,1,13-16H2,2-5H3/t19-,23+,24-,26?,27-,28+,29?,30?/m1/s1. The fraction of sp³-hybridized carbons (Fsp3) is 0.533. The molecule has 0 radical (unpaired) electrons. The Bertz CT molecular complexity index is 1250. The highest BCUT2D eigenvalue weighted by atomic mass is 16.9. The monoisotopic (exact) mass is 506 g/mol. The van der Waals surface area contributed by atoms with E-state index in [-0.39, 0.29) is 30.6 Å². The maximum Gasteiger partial charge on any atom is 0.302 e. The molecule has 196 valence electrons. The number of rotatable bonds is 5. The fourth-order valence-electron chi connectivity index (χ4n) is 7.68. The molecule has 5 aliphatic rings. The molecular formula is C30H34O7. The molecule has 1 aromatic carbocycles. The zero-order chi connectivity index (χ0) is 26.4. The molecule has 37 heavy (non-hydrogen) atoms. The molecule has 1 N–H and O–H groups in total. The van der Waals surface area contributed by atoms with Gasteiger partial charge in [0, 0.05) is 25.2 Å². The van der Waals surface area contributed by atoms with Crippen LogP contribution >= 0.6 is 0 Å². The van der Waals surface area contributed by atoms with Crippen molar-refractivity contribution in [3.63, 3.8) is 0 Å². The normalized spacial score (nSPS) is 43.4. The highest BCUT2D eigenvalue weighted by Crippen LogP contribution is 2.68. The lowest BCUT2D eigenvalue weighted by molar-refractivity contribution is -0.421. The molecule has 2 heterocycles. The molecule has 0 spiro atoms. The van der Waals surface area contributed by atoms with Gasteiger partial charge >= 0.3 is 5.97 Å². The zero-order valence-electron chi connectivity index (χ0n) is 21.8. The summed E-state index contributed by atoms with van der Waals surface area (Å²) in [4.78, 5) is 25.2. The third kappa shape index (κ3) is 3.27. The molecule has 0 aromatic heterocycles. The molecule has 3 unspecified atom stereocenters. The molecule has 8 atom stereocenters. The number of esters is 1. The van der Waals surface area contributed by atoms with Gasteiger partial charge in [-0.2, -0.15) is 0 Å². The van der Waals surface area contributed by atoms with Crippen molar-refractivity contribution < 1.29 is 33.6 Å². The summed E-state index contributed by atoms with van der Waals surface area (Å²) in [7, 11) is 0. The second-order valence-electron chi connectivity index (χ2n) is 11.6. The van der Waals surface area contributed by atoms with Crippen molar-refractivity contribution in [2.45, 2.75) is 75.8 Å². The molecule has 3 fully saturated rings. The molecule has 1 aromatic rings. The van der Waals surface area contributed by atoms with E-state index in [0.29, 0.717) is 24.0 Å². The van der Waals surface area contributed by atoms with Gasteiger partial charge in [0.15, 0.2) is 5.78 Å². The average molecular weight is 507 g/mol. The van der Waals surface area contributed by atoms with E-state index in [1.54, 1.807) is 6.92 Å². The van der Waals surface area contributed by atoms with Crippen LogP contribution in [0, 0.1) is 17.8 Å². The first kappa shape index (κ1) is 24.7. The molecule has 3 bridgehead atoms. The van der Waals surface area contributed by atoms with Crippen molar-refractivity contribution in [1.29, 1.82) is 0 Å². The minimum Gasteiger partial charge on any atom is -0.461 e. The van der Waals surface area contributed by atoms with Crippen LogP contribution in [0.15, 0.2) is 65.8 Å². The van der Waals surface area contributed by atoms with Crippen molar-refractivity contribution in [1.82, 2.24) is 0 Å². The van der Waals surface area contributed by atoms with Crippen molar-refractivity contribution in [3.8, 4) is 0 Å². The van der Waals surface area contributed by atoms with Gasteiger partial charge in [-0.25, -0.2) is 0 Å². The number of hydrogen-bond donors (Lipinski definition) is 1. The van der Waals surface area contributed by atoms with E-state index in [1.807, 2.05) is 49.4 Å². The van der Waals surface area contributed by atoms with Crippen LogP contribution in [0.2, 0.25) is 0 Å². The summed E-state index contributed by atoms with van der Waals surface area (Å²) in [6.07, 6.45) is 4.44. The highest BCUT2D eigenvalue weighted by molar-refractivity contribution is 6.04. The van der Waals surface area contributed by atoms with Crippen LogP contribution in [0.3, 0.4) is 0 Å². The van der Waals surface area contributed by atoms with Gasteiger partial charge < -0.3 is 24.1 Å². The Morgan fingerprint density at radius 2 is 1.92 bits per heavy atom. The molecule has 2 saturated heterocycles. The smallest absolute Gasteiger partial charge is 0.302 e. The number of ether oxygens (including phenoxy) is 4. The number of aliphatic hydroxyl groups is 1. The lowest BCUT2D eigenvalue weighted by Gasteiger charge is -2.59. The quantitative estimate of drug-likeness (QED) is 0.480. The Hall–Kier alpha value is -2.58. The third-order valence-corrected chi connectivity index (χ3v) is 9.19. The number of ketones is 1. The average Bonchev–Trinajstić information content (AvgIpc) is 3.14. The lowest BCUT2D eigenvalue weighted by atomic mass is 9.55. The molecular weight excluding hydrogens is 472 g/mol. The first-order valence-electron chi connectivity index (χ1n) is 13.0. The number of carbonyl (C=O) groups excluding carboxylic acids is 2. The molecule has 2 aliphatic heterocycles. The van der Waals surface area contributed by atoms with Gasteiger partial charge in [-0.1, -0.05) is 56.0 Å². The van der Waals surface area contributed by atoms with E-state index in [4.69, 9.17) is 18.9 Å². The second-order valence-corrected chi connectivity index (χ2v) is 11.6. The van der Waals surface area contributed by atoms with Crippen LogP contribution in [-0.2, 0) is 35.0 Å². The van der Waals surface area contributed by atoms with Crippen molar-refractivity contribution in [3.05, 3.63) is 71.3 Å². The van der Waals surface area contributed by atoms with Crippen molar-refractivity contribution >= 4 is 11.8 Å². The van der Waals surface area contributed by atoms with Crippen LogP contribution < -0.4 is 0 Å². The number of hydrogen-bond acceptors (Lipinski definition) is 7. The van der Waals surface area contributed by atoms with E-state index in [2.05, 4.69) is 13.5 Å². The molecule has 7 heteroatoms. The number of benzene rings is 1. The topological polar surface area (TPSA) is 91.3 Å². The minimum absolute atomic E-state index is 0.0134. The number of carbonyl (C=O) groups is 2. The fourth-order valence-corrected chi connectivity index (χ4v) is 7.68. The Morgan fingerprint density at radius 3 is 2.59 bits per heavy atom. The molecule has 7 nitrogen and oxygen atoms in total. The maximum absolute atomic E-state index is 13.5. The van der Waals surface area contributed by atoms with Crippen LogP contribution in [-0.4, -0.2) is 52.3 Å². The van der Waals surface area contributed by atoms with E-state index >= 15 is 0 Å². The summed E-state index contributed by atoms with van der Waals surface area (Å²) in [5.74, 6) is -3.22. The van der Waals surface area contributed by atoms with Gasteiger partial charge in [-0.15, -0.1) is 0 Å². The SMILES string of the molecule is C=C(C)[C@@]12C[C@@H](C)C34OC(Cc5ccccc5)(OC1[C@@H]3C=C(COC(C)=O)C[C@]1(O)C(=O)C(C)=C[C@@H]41)O2. The Kier molecular flexibility index (Phi) is 5.32. The highest BCUT2D eigenvalue weighted by Gasteiger charge is 2.79. The van der Waals surface area contributed by atoms with Crippen LogP contribution in [0.5, 0.6) is 0 Å². The van der Waals surface area contributed by atoms with E-state index < -0.39 is 40.8 Å². The molecule has 3 aliphatic carbocycles. The van der Waals surface area contributed by atoms with E-state index in [1.165, 1.54) is 6.92 Å². The summed E-state index contributed by atoms with van der Waals surface area (Å²) >= 11 is 0. The predicted molar refractivity (Wildman–Crippen MR) is 134 cm³/mol. The zero-order valence-corrected chi connectivity index (χ0v) is 21.8. The summed E-state index contributed by atoms with van der Waals surface area (Å²) in [6, 6.07) is 9.89. The van der Waals surface area contributed by atoms with Gasteiger partial charge in [0.1, 0.15) is 23.9 Å². The van der Waals surface area contributed by atoms with Crippen LogP contribution in [0.4, 0.5) is 0 Å².